The Morgan fingerprint density at radius 1 is 1.33 bits per heavy atom. The molecule has 0 saturated heterocycles. The van der Waals surface area contributed by atoms with Crippen LogP contribution in [0, 0.1) is 0 Å². The van der Waals surface area contributed by atoms with Crippen molar-refractivity contribution in [3.05, 3.63) is 23.6 Å². The third kappa shape index (κ3) is 7.93. The molecule has 0 atom stereocenters. The minimum atomic E-state index is 1.12. The summed E-state index contributed by atoms with van der Waals surface area (Å²) in [5.74, 6) is 1.12. The number of allylic oxidation sites excluding steroid dienone is 2. The van der Waals surface area contributed by atoms with Crippen LogP contribution in [0.1, 0.15) is 39.5 Å². The molecular weight excluding hydrogens is 164 g/mol. The zero-order valence-electron chi connectivity index (χ0n) is 8.31. The lowest BCUT2D eigenvalue weighted by molar-refractivity contribution is 0.729. The Hall–Kier alpha value is -0.170. The highest BCUT2D eigenvalue weighted by atomic mass is 32.2. The minimum absolute atomic E-state index is 1.12. The summed E-state index contributed by atoms with van der Waals surface area (Å²) in [5.41, 5.74) is 0. The van der Waals surface area contributed by atoms with Gasteiger partial charge >= 0.3 is 0 Å². The molecule has 0 aromatic heterocycles. The molecule has 12 heavy (non-hydrogen) atoms. The zero-order chi connectivity index (χ0) is 9.23. The second-order valence-electron chi connectivity index (χ2n) is 2.80. The van der Waals surface area contributed by atoms with Gasteiger partial charge in [0.1, 0.15) is 0 Å². The van der Waals surface area contributed by atoms with Gasteiger partial charge in [-0.3, -0.25) is 0 Å². The van der Waals surface area contributed by atoms with Crippen molar-refractivity contribution >= 4 is 11.8 Å². The molecule has 0 amide bonds. The first-order valence-electron chi connectivity index (χ1n) is 4.79. The van der Waals surface area contributed by atoms with Crippen LogP contribution in [-0.2, 0) is 0 Å². The number of hydrogen-bond acceptors (Lipinski definition) is 1. The van der Waals surface area contributed by atoms with E-state index in [0.29, 0.717) is 0 Å². The quantitative estimate of drug-likeness (QED) is 0.418. The molecule has 0 rings (SSSR count). The van der Waals surface area contributed by atoms with Crippen LogP contribution in [0.4, 0.5) is 0 Å². The standard InChI is InChI=1S/C11H20S/c1-4-6-7-8-9-10-11(3)12-5-2/h9-10H,3-8H2,1-2H3/b10-9+. The molecule has 0 heterocycles. The number of rotatable bonds is 7. The van der Waals surface area contributed by atoms with Crippen LogP contribution >= 0.6 is 11.8 Å². The predicted molar refractivity (Wildman–Crippen MR) is 60.6 cm³/mol. The van der Waals surface area contributed by atoms with E-state index in [4.69, 9.17) is 0 Å². The molecule has 0 aliphatic carbocycles. The highest BCUT2D eigenvalue weighted by Gasteiger charge is 1.85. The normalized spacial score (nSPS) is 10.8. The van der Waals surface area contributed by atoms with Crippen molar-refractivity contribution in [3.8, 4) is 0 Å². The first-order chi connectivity index (χ1) is 5.81. The van der Waals surface area contributed by atoms with E-state index in [9.17, 15) is 0 Å². The summed E-state index contributed by atoms with van der Waals surface area (Å²) in [4.78, 5) is 1.19. The summed E-state index contributed by atoms with van der Waals surface area (Å²) in [6.07, 6.45) is 9.55. The summed E-state index contributed by atoms with van der Waals surface area (Å²) in [7, 11) is 0. The first kappa shape index (κ1) is 11.8. The van der Waals surface area contributed by atoms with Gasteiger partial charge in [0.25, 0.3) is 0 Å². The van der Waals surface area contributed by atoms with E-state index >= 15 is 0 Å². The molecule has 1 heteroatoms. The van der Waals surface area contributed by atoms with Gasteiger partial charge in [-0.15, -0.1) is 11.8 Å². The molecule has 0 aromatic rings. The lowest BCUT2D eigenvalue weighted by Gasteiger charge is -1.95. The summed E-state index contributed by atoms with van der Waals surface area (Å²) >= 11 is 1.81. The highest BCUT2D eigenvalue weighted by Crippen LogP contribution is 2.14. The van der Waals surface area contributed by atoms with Gasteiger partial charge in [-0.2, -0.15) is 0 Å². The largest absolute Gasteiger partial charge is 0.127 e. The van der Waals surface area contributed by atoms with Gasteiger partial charge < -0.3 is 0 Å². The van der Waals surface area contributed by atoms with Gasteiger partial charge in [-0.25, -0.2) is 0 Å². The van der Waals surface area contributed by atoms with Crippen LogP contribution in [0.25, 0.3) is 0 Å². The predicted octanol–water partition coefficient (Wildman–Crippen LogP) is 4.39. The molecular formula is C11H20S. The fourth-order valence-corrected chi connectivity index (χ4v) is 1.52. The van der Waals surface area contributed by atoms with Crippen molar-refractivity contribution in [2.75, 3.05) is 5.75 Å². The van der Waals surface area contributed by atoms with E-state index in [1.807, 2.05) is 11.8 Å². The van der Waals surface area contributed by atoms with Crippen molar-refractivity contribution in [3.63, 3.8) is 0 Å². The molecule has 0 unspecified atom stereocenters. The molecule has 70 valence electrons. The smallest absolute Gasteiger partial charge is 0.000330 e. The molecule has 0 nitrogen and oxygen atoms in total. The van der Waals surface area contributed by atoms with Gasteiger partial charge in [-0.1, -0.05) is 45.4 Å². The van der Waals surface area contributed by atoms with E-state index in [-0.39, 0.29) is 0 Å². The third-order valence-electron chi connectivity index (χ3n) is 1.61. The summed E-state index contributed by atoms with van der Waals surface area (Å²) in [6.45, 7) is 8.32. The number of unbranched alkanes of at least 4 members (excludes halogenated alkanes) is 3. The highest BCUT2D eigenvalue weighted by molar-refractivity contribution is 8.03. The molecule has 0 aliphatic heterocycles. The van der Waals surface area contributed by atoms with Crippen molar-refractivity contribution in [2.45, 2.75) is 39.5 Å². The lowest BCUT2D eigenvalue weighted by atomic mass is 10.2. The summed E-state index contributed by atoms with van der Waals surface area (Å²) < 4.78 is 0. The fourth-order valence-electron chi connectivity index (χ4n) is 0.960. The van der Waals surface area contributed by atoms with E-state index in [1.165, 1.54) is 30.6 Å². The fraction of sp³-hybridized carbons (Fsp3) is 0.636. The maximum absolute atomic E-state index is 3.94. The maximum Gasteiger partial charge on any atom is -0.000330 e. The van der Waals surface area contributed by atoms with Crippen LogP contribution in [0.5, 0.6) is 0 Å². The molecule has 0 bridgehead atoms. The van der Waals surface area contributed by atoms with Crippen molar-refractivity contribution in [1.29, 1.82) is 0 Å². The Balaban J connectivity index is 3.29. The second kappa shape index (κ2) is 8.92. The Labute approximate surface area is 81.1 Å². The molecule has 0 aromatic carbocycles. The van der Waals surface area contributed by atoms with E-state index in [0.717, 1.165) is 5.75 Å². The zero-order valence-corrected chi connectivity index (χ0v) is 9.12. The first-order valence-corrected chi connectivity index (χ1v) is 5.78. The van der Waals surface area contributed by atoms with Gasteiger partial charge in [-0.05, 0) is 23.5 Å². The van der Waals surface area contributed by atoms with Crippen molar-refractivity contribution < 1.29 is 0 Å². The number of hydrogen-bond donors (Lipinski definition) is 0. The van der Waals surface area contributed by atoms with E-state index in [2.05, 4.69) is 32.6 Å². The summed E-state index contributed by atoms with van der Waals surface area (Å²) in [5, 5.41) is 0. The molecule has 0 radical (unpaired) electrons. The van der Waals surface area contributed by atoms with E-state index < -0.39 is 0 Å². The minimum Gasteiger partial charge on any atom is -0.127 e. The summed E-state index contributed by atoms with van der Waals surface area (Å²) in [6, 6.07) is 0. The monoisotopic (exact) mass is 184 g/mol. The van der Waals surface area contributed by atoms with Gasteiger partial charge in [0.2, 0.25) is 0 Å². The van der Waals surface area contributed by atoms with Crippen molar-refractivity contribution in [2.24, 2.45) is 0 Å². The average Bonchev–Trinajstić information content (AvgIpc) is 2.05. The Kier molecular flexibility index (Phi) is 8.80. The van der Waals surface area contributed by atoms with Gasteiger partial charge in [0.05, 0.1) is 0 Å². The van der Waals surface area contributed by atoms with Gasteiger partial charge in [0.15, 0.2) is 0 Å². The number of thioether (sulfide) groups is 1. The third-order valence-corrected chi connectivity index (χ3v) is 2.40. The topological polar surface area (TPSA) is 0 Å². The second-order valence-corrected chi connectivity index (χ2v) is 4.19. The van der Waals surface area contributed by atoms with Gasteiger partial charge in [0, 0.05) is 0 Å². The lowest BCUT2D eigenvalue weighted by Crippen LogP contribution is -1.72. The maximum atomic E-state index is 3.94. The van der Waals surface area contributed by atoms with Crippen LogP contribution in [0.15, 0.2) is 23.6 Å². The Morgan fingerprint density at radius 2 is 2.08 bits per heavy atom. The molecule has 0 saturated carbocycles. The molecule has 0 aliphatic rings. The Morgan fingerprint density at radius 3 is 2.67 bits per heavy atom. The molecule has 0 N–H and O–H groups in total. The van der Waals surface area contributed by atoms with Crippen LogP contribution in [0.2, 0.25) is 0 Å². The average molecular weight is 184 g/mol. The van der Waals surface area contributed by atoms with Crippen LogP contribution in [-0.4, -0.2) is 5.75 Å². The van der Waals surface area contributed by atoms with Crippen LogP contribution in [0.3, 0.4) is 0 Å². The van der Waals surface area contributed by atoms with Crippen molar-refractivity contribution in [1.82, 2.24) is 0 Å². The molecule has 0 fully saturated rings. The SMILES string of the molecule is C=C(/C=C/CCCCC)SCC. The van der Waals surface area contributed by atoms with E-state index in [1.54, 1.807) is 0 Å². The van der Waals surface area contributed by atoms with Crippen LogP contribution < -0.4 is 0 Å². The molecule has 0 spiro atoms. The Bertz CT molecular complexity index is 136.